The van der Waals surface area contributed by atoms with Crippen LogP contribution in [0.4, 0.5) is 5.69 Å². The Morgan fingerprint density at radius 3 is 2.39 bits per heavy atom. The van der Waals surface area contributed by atoms with Crippen molar-refractivity contribution in [1.82, 2.24) is 5.32 Å². The second-order valence-electron chi connectivity index (χ2n) is 10.0. The van der Waals surface area contributed by atoms with Gasteiger partial charge >= 0.3 is 5.97 Å². The number of aliphatic hydroxyl groups is 1. The summed E-state index contributed by atoms with van der Waals surface area (Å²) in [6.45, 7) is 9.39. The zero-order chi connectivity index (χ0) is 38.7. The number of likely N-dealkylation sites (N-methyl/N-ethyl adjacent to an activating group) is 1. The first-order valence-electron chi connectivity index (χ1n) is 16.2. The molecule has 3 rings (SSSR count). The second kappa shape index (κ2) is 28.3. The van der Waals surface area contributed by atoms with Crippen molar-refractivity contribution in [2.24, 2.45) is 5.73 Å². The molecule has 0 bridgehead atoms. The summed E-state index contributed by atoms with van der Waals surface area (Å²) in [5.74, 6) is -1.01. The van der Waals surface area contributed by atoms with Crippen molar-refractivity contribution in [1.29, 1.82) is 5.41 Å². The van der Waals surface area contributed by atoms with Crippen LogP contribution in [0.2, 0.25) is 0 Å². The average molecular weight is 771 g/mol. The fourth-order valence-electron chi connectivity index (χ4n) is 4.04. The Morgan fingerprint density at radius 2 is 1.84 bits per heavy atom. The Hall–Kier alpha value is -3.35. The minimum atomic E-state index is -3.75. The van der Waals surface area contributed by atoms with Gasteiger partial charge in [0, 0.05) is 44.5 Å². The number of aliphatic hydroxyl groups excluding tert-OH is 1. The van der Waals surface area contributed by atoms with Gasteiger partial charge in [-0.3, -0.25) is 15.0 Å². The highest BCUT2D eigenvalue weighted by molar-refractivity contribution is 8.02. The van der Waals surface area contributed by atoms with Gasteiger partial charge in [-0.25, -0.2) is 8.42 Å². The van der Waals surface area contributed by atoms with Gasteiger partial charge < -0.3 is 40.8 Å². The molecule has 0 radical (unpaired) electrons. The molecule has 0 unspecified atom stereocenters. The van der Waals surface area contributed by atoms with Crippen LogP contribution < -0.4 is 16.4 Å². The van der Waals surface area contributed by atoms with E-state index < -0.39 is 15.8 Å². The molecule has 0 fully saturated rings. The number of benzene rings is 1. The van der Waals surface area contributed by atoms with E-state index in [1.54, 1.807) is 31.6 Å². The lowest BCUT2D eigenvalue weighted by Crippen LogP contribution is -2.12. The van der Waals surface area contributed by atoms with Crippen molar-refractivity contribution in [3.63, 3.8) is 0 Å². The van der Waals surface area contributed by atoms with Crippen LogP contribution in [0, 0.1) is 12.3 Å². The van der Waals surface area contributed by atoms with Crippen LogP contribution in [-0.4, -0.2) is 103 Å². The lowest BCUT2D eigenvalue weighted by molar-refractivity contribution is -0.138. The number of rotatable bonds is 19. The Balaban J connectivity index is 0.000000986. The molecule has 0 aliphatic heterocycles. The van der Waals surface area contributed by atoms with Crippen molar-refractivity contribution in [3.05, 3.63) is 69.5 Å². The molecule has 0 spiro atoms. The van der Waals surface area contributed by atoms with Crippen molar-refractivity contribution < 1.29 is 42.4 Å². The maximum atomic E-state index is 13.3. The van der Waals surface area contributed by atoms with E-state index >= 15 is 0 Å². The highest BCUT2D eigenvalue weighted by Gasteiger charge is 2.27. The van der Waals surface area contributed by atoms with Gasteiger partial charge in [0.05, 0.1) is 51.7 Å². The summed E-state index contributed by atoms with van der Waals surface area (Å²) in [4.78, 5) is 21.9. The lowest BCUT2D eigenvalue weighted by Gasteiger charge is -2.13. The molecule has 1 aromatic carbocycles. The third-order valence-corrected chi connectivity index (χ3v) is 10.9. The molecule has 1 heterocycles. The first kappa shape index (κ1) is 47.7. The number of carboxylic acids is 1. The van der Waals surface area contributed by atoms with Gasteiger partial charge in [-0.05, 0) is 56.0 Å². The highest BCUT2D eigenvalue weighted by Crippen LogP contribution is 2.38. The number of aliphatic carboxylic acids is 1. The first-order chi connectivity index (χ1) is 24.5. The van der Waals surface area contributed by atoms with Gasteiger partial charge in [0.15, 0.2) is 0 Å². The number of carbonyl (C=O) groups excluding carboxylic acids is 1. The number of nitrogens with two attached hydrogens (primary N) is 1. The van der Waals surface area contributed by atoms with Gasteiger partial charge in [-0.2, -0.15) is 0 Å². The number of hydrogen-bond acceptors (Lipinski definition) is 12. The molecule has 1 aromatic heterocycles. The number of hydrogen-bond donors (Lipinski definition) is 6. The summed E-state index contributed by atoms with van der Waals surface area (Å²) >= 11 is 2.52. The first-order valence-corrected chi connectivity index (χ1v) is 19.8. The van der Waals surface area contributed by atoms with Gasteiger partial charge in [0.25, 0.3) is 0 Å². The summed E-state index contributed by atoms with van der Waals surface area (Å²) in [5.41, 5.74) is 8.88. The van der Waals surface area contributed by atoms with E-state index in [1.807, 2.05) is 52.1 Å². The minimum Gasteiger partial charge on any atom is -0.481 e. The molecule has 0 saturated heterocycles. The number of methoxy groups -OCH3 is 1. The van der Waals surface area contributed by atoms with Gasteiger partial charge in [0.1, 0.15) is 5.84 Å². The number of carboxylic acid groups (broad SMARTS) is 1. The van der Waals surface area contributed by atoms with E-state index in [1.165, 1.54) is 29.2 Å². The number of ether oxygens (including phenoxy) is 3. The third kappa shape index (κ3) is 18.1. The molecular weight excluding hydrogens is 717 g/mol. The van der Waals surface area contributed by atoms with Crippen LogP contribution in [0.5, 0.6) is 0 Å². The number of carbonyl (C=O) groups is 2. The van der Waals surface area contributed by atoms with Gasteiger partial charge in [-0.1, -0.05) is 44.2 Å². The molecule has 1 amide bonds. The maximum Gasteiger partial charge on any atom is 0.305 e. The Labute approximate surface area is 310 Å². The monoisotopic (exact) mass is 770 g/mol. The standard InChI is InChI=1S/C21H21N3O3S3.C8H16O5.C4H11NO.C2H6/c1-13-5-3-8-16(24-12-25)19(13)14-6-4-7-15(10-9-14)30(26,27)18-11-17(20(22)23)29-21(18)28-2;9-3-1-4-12-6-7-13-5-2-8(10)11;1-5-3-4-6-2;1-2/h3-9,11-12H,10H2,1-2H3,(H3,22,23)(H,24,25);9H,1-7H2,(H,10,11);5H,3-4H2,1-2H3;1-2H3. The number of sulfone groups is 1. The number of thioether (sulfide) groups is 1. The van der Waals surface area contributed by atoms with Crippen LogP contribution in [0.1, 0.15) is 49.1 Å². The van der Waals surface area contributed by atoms with Crippen molar-refractivity contribution in [3.8, 4) is 0 Å². The summed E-state index contributed by atoms with van der Waals surface area (Å²) in [6.07, 6.45) is 10.3. The lowest BCUT2D eigenvalue weighted by atomic mass is 9.97. The van der Waals surface area contributed by atoms with Crippen molar-refractivity contribution >= 4 is 62.4 Å². The highest BCUT2D eigenvalue weighted by atomic mass is 32.2. The zero-order valence-electron chi connectivity index (χ0n) is 30.3. The quantitative estimate of drug-likeness (QED) is 0.0363. The molecule has 0 atom stereocenters. The molecule has 0 saturated carbocycles. The number of nitrogens with one attached hydrogen (secondary N) is 3. The molecule has 13 nitrogen and oxygen atoms in total. The average Bonchev–Trinajstić information content (AvgIpc) is 3.43. The van der Waals surface area contributed by atoms with Crippen LogP contribution >= 0.6 is 23.1 Å². The van der Waals surface area contributed by atoms with Crippen LogP contribution in [0.3, 0.4) is 0 Å². The molecule has 51 heavy (non-hydrogen) atoms. The molecule has 1 aliphatic carbocycles. The number of thiophene rings is 1. The summed E-state index contributed by atoms with van der Waals surface area (Å²) in [6, 6.07) is 7.07. The maximum absolute atomic E-state index is 13.3. The van der Waals surface area contributed by atoms with Gasteiger partial charge in [-0.15, -0.1) is 23.1 Å². The van der Waals surface area contributed by atoms with Crippen molar-refractivity contribution in [2.75, 3.05) is 71.9 Å². The fourth-order valence-corrected chi connectivity index (χ4v) is 7.99. The van der Waals surface area contributed by atoms with E-state index in [-0.39, 0.29) is 41.7 Å². The van der Waals surface area contributed by atoms with Crippen LogP contribution in [0.15, 0.2) is 62.6 Å². The van der Waals surface area contributed by atoms with Crippen molar-refractivity contribution in [2.45, 2.75) is 49.1 Å². The molecular formula is C35H54N4O9S3. The summed E-state index contributed by atoms with van der Waals surface area (Å²) in [7, 11) is -0.152. The molecule has 286 valence electrons. The van der Waals surface area contributed by atoms with Gasteiger partial charge in [0.2, 0.25) is 16.2 Å². The van der Waals surface area contributed by atoms with E-state index in [9.17, 15) is 18.0 Å². The second-order valence-corrected chi connectivity index (χ2v) is 14.1. The number of nitrogen functional groups attached to an aromatic ring is 1. The normalized spacial score (nSPS) is 12.0. The molecule has 16 heteroatoms. The van der Waals surface area contributed by atoms with Crippen LogP contribution in [-0.2, 0) is 33.6 Å². The predicted molar refractivity (Wildman–Crippen MR) is 208 cm³/mol. The van der Waals surface area contributed by atoms with E-state index in [4.69, 9.17) is 35.6 Å². The van der Waals surface area contributed by atoms with E-state index in [0.717, 1.165) is 29.9 Å². The summed E-state index contributed by atoms with van der Waals surface area (Å²) < 4.78 is 42.0. The SMILES string of the molecule is CC.CNCCOC.CSc1sc(C(=N)N)cc1S(=O)(=O)C1=CC=CC(c2c(C)cccc2NC=O)=CC1.O=C(O)CCOCCOCCCO. The Kier molecular flexibility index (Phi) is 26.4. The molecule has 7 N–H and O–H groups in total. The number of aryl methyl sites for hydroxylation is 1. The predicted octanol–water partition coefficient (Wildman–Crippen LogP) is 5.09. The number of allylic oxidation sites excluding steroid dienone is 6. The topological polar surface area (TPSA) is 210 Å². The Morgan fingerprint density at radius 1 is 1.16 bits per heavy atom. The fraction of sp³-hybridized carbons (Fsp3) is 0.457. The van der Waals surface area contributed by atoms with Crippen LogP contribution in [0.25, 0.3) is 5.57 Å². The molecule has 2 aromatic rings. The van der Waals surface area contributed by atoms with E-state index in [2.05, 4.69) is 10.6 Å². The number of anilines is 1. The third-order valence-electron chi connectivity index (χ3n) is 6.44. The largest absolute Gasteiger partial charge is 0.481 e. The zero-order valence-corrected chi connectivity index (χ0v) is 32.8. The van der Waals surface area contributed by atoms with E-state index in [0.29, 0.717) is 47.4 Å². The number of amidine groups is 1. The molecule has 1 aliphatic rings. The number of amides is 1. The minimum absolute atomic E-state index is 0.0244. The summed E-state index contributed by atoms with van der Waals surface area (Å²) in [5, 5.41) is 29.9. The smallest absolute Gasteiger partial charge is 0.305 e. The Bertz CT molecular complexity index is 1530.